The first-order chi connectivity index (χ1) is 9.92. The maximum absolute atomic E-state index is 5.61. The minimum absolute atomic E-state index is 0.638. The predicted octanol–water partition coefficient (Wildman–Crippen LogP) is 2.90. The van der Waals surface area contributed by atoms with Crippen molar-refractivity contribution in [3.05, 3.63) is 18.0 Å². The fraction of sp³-hybridized carbons (Fsp3) is 0.812. The van der Waals surface area contributed by atoms with Crippen molar-refractivity contribution >= 4 is 0 Å². The fourth-order valence-electron chi connectivity index (χ4n) is 2.92. The Bertz CT molecular complexity index is 394. The van der Waals surface area contributed by atoms with Crippen LogP contribution in [-0.2, 0) is 11.3 Å². The average Bonchev–Trinajstić information content (AvgIpc) is 3.20. The highest BCUT2D eigenvalue weighted by atomic mass is 16.5. The van der Waals surface area contributed by atoms with Crippen LogP contribution < -0.4 is 5.32 Å². The van der Waals surface area contributed by atoms with Gasteiger partial charge in [-0.2, -0.15) is 5.10 Å². The van der Waals surface area contributed by atoms with Gasteiger partial charge in [0.05, 0.1) is 18.3 Å². The second kappa shape index (κ2) is 7.23. The molecule has 1 N–H and O–H groups in total. The lowest BCUT2D eigenvalue weighted by Crippen LogP contribution is -2.20. The smallest absolute Gasteiger partial charge is 0.0762 e. The summed E-state index contributed by atoms with van der Waals surface area (Å²) in [5, 5.41) is 8.11. The predicted molar refractivity (Wildman–Crippen MR) is 79.6 cm³/mol. The van der Waals surface area contributed by atoms with E-state index in [9.17, 15) is 0 Å². The Labute approximate surface area is 121 Å². The van der Waals surface area contributed by atoms with Crippen molar-refractivity contribution in [1.82, 2.24) is 15.1 Å². The highest BCUT2D eigenvalue weighted by Crippen LogP contribution is 2.28. The van der Waals surface area contributed by atoms with Gasteiger partial charge in [-0.25, -0.2) is 0 Å². The van der Waals surface area contributed by atoms with Gasteiger partial charge in [-0.15, -0.1) is 0 Å². The topological polar surface area (TPSA) is 39.1 Å². The molecule has 20 heavy (non-hydrogen) atoms. The lowest BCUT2D eigenvalue weighted by Gasteiger charge is -2.21. The molecule has 1 heterocycles. The third-order valence-electron chi connectivity index (χ3n) is 4.39. The summed E-state index contributed by atoms with van der Waals surface area (Å²) in [5.74, 6) is 0.862. The Balaban J connectivity index is 1.31. The summed E-state index contributed by atoms with van der Waals surface area (Å²) in [6.45, 7) is 3.55. The molecule has 2 fully saturated rings. The third kappa shape index (κ3) is 4.32. The van der Waals surface area contributed by atoms with Crippen molar-refractivity contribution in [3.63, 3.8) is 0 Å². The molecule has 0 amide bonds. The number of rotatable bonds is 8. The summed E-state index contributed by atoms with van der Waals surface area (Å²) < 4.78 is 7.79. The highest BCUT2D eigenvalue weighted by Gasteiger charge is 2.20. The average molecular weight is 277 g/mol. The largest absolute Gasteiger partial charge is 0.380 e. The van der Waals surface area contributed by atoms with Gasteiger partial charge in [-0.1, -0.05) is 19.3 Å². The Morgan fingerprint density at radius 3 is 2.85 bits per heavy atom. The van der Waals surface area contributed by atoms with Crippen molar-refractivity contribution in [2.24, 2.45) is 5.92 Å². The standard InChI is InChI=1S/C16H27N3O/c1-2-4-16(5-3-1)19-10-8-15(18-19)12-17-9-11-20-13-14-6-7-14/h8,10,14,16-17H,1-7,9,11-13H2. The van der Waals surface area contributed by atoms with Crippen molar-refractivity contribution in [3.8, 4) is 0 Å². The molecule has 0 aromatic carbocycles. The van der Waals surface area contributed by atoms with E-state index < -0.39 is 0 Å². The number of hydrogen-bond acceptors (Lipinski definition) is 3. The summed E-state index contributed by atoms with van der Waals surface area (Å²) in [6.07, 6.45) is 11.6. The van der Waals surface area contributed by atoms with Crippen LogP contribution in [0.15, 0.2) is 12.3 Å². The first kappa shape index (κ1) is 14.1. The van der Waals surface area contributed by atoms with E-state index in [0.717, 1.165) is 37.9 Å². The molecule has 1 aromatic heterocycles. The second-order valence-corrected chi connectivity index (χ2v) is 6.27. The molecular weight excluding hydrogens is 250 g/mol. The molecule has 0 atom stereocenters. The van der Waals surface area contributed by atoms with E-state index in [1.807, 2.05) is 0 Å². The molecule has 2 saturated carbocycles. The molecule has 1 aromatic rings. The maximum atomic E-state index is 5.61. The summed E-state index contributed by atoms with van der Waals surface area (Å²) in [5.41, 5.74) is 1.15. The summed E-state index contributed by atoms with van der Waals surface area (Å²) >= 11 is 0. The van der Waals surface area contributed by atoms with Crippen LogP contribution in [0.3, 0.4) is 0 Å². The first-order valence-corrected chi connectivity index (χ1v) is 8.24. The maximum Gasteiger partial charge on any atom is 0.0762 e. The molecule has 0 spiro atoms. The second-order valence-electron chi connectivity index (χ2n) is 6.27. The van der Waals surface area contributed by atoms with Crippen LogP contribution in [0.5, 0.6) is 0 Å². The zero-order chi connectivity index (χ0) is 13.6. The zero-order valence-electron chi connectivity index (χ0n) is 12.4. The van der Waals surface area contributed by atoms with Crippen molar-refractivity contribution in [2.75, 3.05) is 19.8 Å². The van der Waals surface area contributed by atoms with E-state index in [1.165, 1.54) is 44.9 Å². The van der Waals surface area contributed by atoms with Crippen LogP contribution in [0.1, 0.15) is 56.7 Å². The van der Waals surface area contributed by atoms with Gasteiger partial charge in [-0.05, 0) is 37.7 Å². The van der Waals surface area contributed by atoms with Crippen LogP contribution in [0.25, 0.3) is 0 Å². The monoisotopic (exact) mass is 277 g/mol. The van der Waals surface area contributed by atoms with E-state index >= 15 is 0 Å². The van der Waals surface area contributed by atoms with Crippen molar-refractivity contribution in [1.29, 1.82) is 0 Å². The van der Waals surface area contributed by atoms with E-state index in [2.05, 4.69) is 22.3 Å². The van der Waals surface area contributed by atoms with Gasteiger partial charge in [0.2, 0.25) is 0 Å². The molecule has 112 valence electrons. The van der Waals surface area contributed by atoms with Crippen LogP contribution in [0, 0.1) is 5.92 Å². The van der Waals surface area contributed by atoms with Gasteiger partial charge in [0, 0.05) is 25.9 Å². The first-order valence-electron chi connectivity index (χ1n) is 8.24. The van der Waals surface area contributed by atoms with Gasteiger partial charge < -0.3 is 10.1 Å². The molecule has 0 unspecified atom stereocenters. The number of nitrogens with zero attached hydrogens (tertiary/aromatic N) is 2. The lowest BCUT2D eigenvalue weighted by atomic mass is 9.96. The van der Waals surface area contributed by atoms with Crippen LogP contribution in [-0.4, -0.2) is 29.5 Å². The van der Waals surface area contributed by atoms with E-state index in [0.29, 0.717) is 6.04 Å². The van der Waals surface area contributed by atoms with Gasteiger partial charge in [0.1, 0.15) is 0 Å². The van der Waals surface area contributed by atoms with Crippen molar-refractivity contribution in [2.45, 2.75) is 57.5 Å². The Morgan fingerprint density at radius 1 is 1.20 bits per heavy atom. The minimum Gasteiger partial charge on any atom is -0.380 e. The van der Waals surface area contributed by atoms with Crippen LogP contribution in [0.2, 0.25) is 0 Å². The van der Waals surface area contributed by atoms with Gasteiger partial charge in [0.25, 0.3) is 0 Å². The summed E-state index contributed by atoms with van der Waals surface area (Å²) in [6, 6.07) is 2.78. The number of nitrogens with one attached hydrogen (secondary N) is 1. The SMILES string of the molecule is c1cn(C2CCCCC2)nc1CNCCOCC1CC1. The van der Waals surface area contributed by atoms with E-state index in [-0.39, 0.29) is 0 Å². The minimum atomic E-state index is 0.638. The van der Waals surface area contributed by atoms with Gasteiger partial charge in [-0.3, -0.25) is 4.68 Å². The normalized spacial score (nSPS) is 20.4. The quantitative estimate of drug-likeness (QED) is 0.743. The van der Waals surface area contributed by atoms with Crippen molar-refractivity contribution < 1.29 is 4.74 Å². The Hall–Kier alpha value is -0.870. The molecule has 0 aliphatic heterocycles. The molecule has 0 bridgehead atoms. The number of ether oxygens (including phenoxy) is 1. The Morgan fingerprint density at radius 2 is 2.05 bits per heavy atom. The lowest BCUT2D eigenvalue weighted by molar-refractivity contribution is 0.126. The molecule has 4 heteroatoms. The molecule has 2 aliphatic carbocycles. The molecular formula is C16H27N3O. The third-order valence-corrected chi connectivity index (χ3v) is 4.39. The number of aromatic nitrogens is 2. The molecule has 0 radical (unpaired) electrons. The summed E-state index contributed by atoms with van der Waals surface area (Å²) in [4.78, 5) is 0. The molecule has 4 nitrogen and oxygen atoms in total. The van der Waals surface area contributed by atoms with Crippen LogP contribution in [0.4, 0.5) is 0 Å². The summed E-state index contributed by atoms with van der Waals surface area (Å²) in [7, 11) is 0. The molecule has 3 rings (SSSR count). The zero-order valence-corrected chi connectivity index (χ0v) is 12.4. The van der Waals surface area contributed by atoms with Gasteiger partial charge in [0.15, 0.2) is 0 Å². The molecule has 0 saturated heterocycles. The van der Waals surface area contributed by atoms with Crippen LogP contribution >= 0.6 is 0 Å². The Kier molecular flexibility index (Phi) is 5.09. The van der Waals surface area contributed by atoms with E-state index in [4.69, 9.17) is 9.84 Å². The fourth-order valence-corrected chi connectivity index (χ4v) is 2.92. The van der Waals surface area contributed by atoms with E-state index in [1.54, 1.807) is 0 Å². The molecule has 2 aliphatic rings. The number of hydrogen-bond donors (Lipinski definition) is 1. The highest BCUT2D eigenvalue weighted by molar-refractivity contribution is 4.99. The van der Waals surface area contributed by atoms with Gasteiger partial charge >= 0.3 is 0 Å².